The Morgan fingerprint density at radius 3 is 2.71 bits per heavy atom. The monoisotopic (exact) mass is 539 g/mol. The quantitative estimate of drug-likeness (QED) is 0.305. The Balaban J connectivity index is 1.16. The first-order valence-corrected chi connectivity index (χ1v) is 13.7. The number of halogens is 3. The zero-order valence-corrected chi connectivity index (χ0v) is 22.3. The molecule has 1 atom stereocenters. The van der Waals surface area contributed by atoms with Gasteiger partial charge in [0.2, 0.25) is 0 Å². The molecule has 8 heteroatoms. The van der Waals surface area contributed by atoms with Crippen molar-refractivity contribution in [2.24, 2.45) is 5.41 Å². The number of imidazole rings is 1. The van der Waals surface area contributed by atoms with Crippen molar-refractivity contribution in [1.82, 2.24) is 14.5 Å². The van der Waals surface area contributed by atoms with E-state index >= 15 is 4.39 Å². The highest BCUT2D eigenvalue weighted by Gasteiger charge is 2.43. The number of ether oxygens (including phenoxy) is 2. The van der Waals surface area contributed by atoms with Gasteiger partial charge in [-0.25, -0.2) is 9.37 Å². The van der Waals surface area contributed by atoms with Crippen molar-refractivity contribution < 1.29 is 18.3 Å². The number of aromatic nitrogens is 2. The topological polar surface area (TPSA) is 39.5 Å². The molecule has 0 bridgehead atoms. The van der Waals surface area contributed by atoms with Gasteiger partial charge in [0.15, 0.2) is 0 Å². The summed E-state index contributed by atoms with van der Waals surface area (Å²) < 4.78 is 42.8. The zero-order valence-electron chi connectivity index (χ0n) is 21.5. The van der Waals surface area contributed by atoms with Gasteiger partial charge in [-0.15, -0.1) is 0 Å². The molecule has 0 N–H and O–H groups in total. The summed E-state index contributed by atoms with van der Waals surface area (Å²) in [4.78, 5) is 6.97. The zero-order chi connectivity index (χ0) is 26.3. The number of benzene rings is 2. The van der Waals surface area contributed by atoms with Crippen molar-refractivity contribution >= 4 is 17.4 Å². The molecular weight excluding hydrogens is 508 g/mol. The molecule has 1 aromatic heterocycles. The average molecular weight is 540 g/mol. The van der Waals surface area contributed by atoms with Gasteiger partial charge in [-0.1, -0.05) is 23.7 Å². The van der Waals surface area contributed by atoms with E-state index in [4.69, 9.17) is 21.1 Å². The van der Waals surface area contributed by atoms with Crippen LogP contribution >= 0.6 is 11.6 Å². The van der Waals surface area contributed by atoms with Crippen LogP contribution in [-0.4, -0.2) is 41.3 Å². The molecule has 0 radical (unpaired) electrons. The van der Waals surface area contributed by atoms with Gasteiger partial charge in [0.1, 0.15) is 29.3 Å². The lowest BCUT2D eigenvalue weighted by Crippen LogP contribution is -2.34. The first-order chi connectivity index (χ1) is 18.5. The predicted molar refractivity (Wildman–Crippen MR) is 144 cm³/mol. The minimum absolute atomic E-state index is 0.174. The molecule has 200 valence electrons. The first-order valence-electron chi connectivity index (χ1n) is 13.3. The lowest BCUT2D eigenvalue weighted by Gasteiger charge is -2.34. The van der Waals surface area contributed by atoms with Gasteiger partial charge >= 0.3 is 0 Å². The fourth-order valence-electron chi connectivity index (χ4n) is 5.76. The van der Waals surface area contributed by atoms with Crippen LogP contribution in [0.1, 0.15) is 60.2 Å². The van der Waals surface area contributed by atoms with Gasteiger partial charge in [-0.3, -0.25) is 9.29 Å². The second kappa shape index (κ2) is 10.3. The molecule has 3 aromatic rings. The number of nitrogens with zero attached hydrogens (tertiary/aromatic N) is 3. The van der Waals surface area contributed by atoms with Gasteiger partial charge in [-0.05, 0) is 80.6 Å². The van der Waals surface area contributed by atoms with Crippen LogP contribution in [0, 0.1) is 5.41 Å². The Morgan fingerprint density at radius 1 is 1.16 bits per heavy atom. The summed E-state index contributed by atoms with van der Waals surface area (Å²) in [6, 6.07) is 11.1. The number of fused-ring (bicyclic) bond motifs is 1. The Kier molecular flexibility index (Phi) is 6.91. The summed E-state index contributed by atoms with van der Waals surface area (Å²) in [6.07, 6.45) is 8.47. The first kappa shape index (κ1) is 25.4. The minimum Gasteiger partial charge on any atom is -0.496 e. The molecule has 3 heterocycles. The Hall–Kier alpha value is -2.90. The molecule has 0 unspecified atom stereocenters. The van der Waals surface area contributed by atoms with Crippen LogP contribution in [0.5, 0.6) is 11.5 Å². The van der Waals surface area contributed by atoms with Gasteiger partial charge in [0.05, 0.1) is 25.9 Å². The van der Waals surface area contributed by atoms with Gasteiger partial charge in [-0.2, -0.15) is 0 Å². The third-order valence-corrected chi connectivity index (χ3v) is 8.52. The van der Waals surface area contributed by atoms with Crippen LogP contribution in [0.25, 0.3) is 5.83 Å². The van der Waals surface area contributed by atoms with Crippen molar-refractivity contribution in [2.45, 2.75) is 50.8 Å². The lowest BCUT2D eigenvalue weighted by atomic mass is 9.86. The summed E-state index contributed by atoms with van der Waals surface area (Å²) in [6.45, 7) is 3.01. The normalized spacial score (nSPS) is 20.9. The molecule has 3 aliphatic rings. The number of piperidine rings is 1. The molecule has 6 rings (SSSR count). The van der Waals surface area contributed by atoms with E-state index in [2.05, 4.69) is 20.5 Å². The van der Waals surface area contributed by atoms with Crippen LogP contribution in [0.3, 0.4) is 0 Å². The van der Waals surface area contributed by atoms with Crippen LogP contribution in [0.15, 0.2) is 54.9 Å². The van der Waals surface area contributed by atoms with E-state index in [-0.39, 0.29) is 23.8 Å². The average Bonchev–Trinajstić information content (AvgIpc) is 3.59. The molecule has 1 saturated heterocycles. The van der Waals surface area contributed by atoms with E-state index in [0.29, 0.717) is 28.6 Å². The largest absolute Gasteiger partial charge is 0.496 e. The fraction of sp³-hybridized carbons (Fsp3) is 0.433. The van der Waals surface area contributed by atoms with Crippen LogP contribution in [0.4, 0.5) is 8.78 Å². The van der Waals surface area contributed by atoms with Crippen molar-refractivity contribution in [3.8, 4) is 11.5 Å². The van der Waals surface area contributed by atoms with E-state index in [1.54, 1.807) is 25.3 Å². The molecular formula is C30H32ClF2N3O2. The SMILES string of the molecule is COc1cc(Cl)ccc1[C@@H]1C=C(F)c2cccc(C3CCN(Cc4nccn4CC4(CF)CC4)CC3)c2O1. The van der Waals surface area contributed by atoms with E-state index in [1.165, 1.54) is 6.08 Å². The Labute approximate surface area is 227 Å². The number of alkyl halides is 1. The molecule has 2 aromatic carbocycles. The number of hydrogen-bond acceptors (Lipinski definition) is 4. The highest BCUT2D eigenvalue weighted by atomic mass is 35.5. The molecule has 0 spiro atoms. The maximum atomic E-state index is 15.3. The maximum absolute atomic E-state index is 15.3. The van der Waals surface area contributed by atoms with E-state index in [1.807, 2.05) is 24.5 Å². The number of rotatable bonds is 8. The van der Waals surface area contributed by atoms with Crippen LogP contribution in [-0.2, 0) is 13.1 Å². The smallest absolute Gasteiger partial charge is 0.149 e. The highest BCUT2D eigenvalue weighted by Crippen LogP contribution is 2.48. The van der Waals surface area contributed by atoms with Crippen molar-refractivity contribution in [2.75, 3.05) is 26.9 Å². The molecule has 38 heavy (non-hydrogen) atoms. The second-order valence-corrected chi connectivity index (χ2v) is 11.3. The molecule has 2 aliphatic heterocycles. The van der Waals surface area contributed by atoms with Crippen molar-refractivity contribution in [1.29, 1.82) is 0 Å². The van der Waals surface area contributed by atoms with Gasteiger partial charge in [0.25, 0.3) is 0 Å². The highest BCUT2D eigenvalue weighted by molar-refractivity contribution is 6.30. The van der Waals surface area contributed by atoms with Crippen LogP contribution in [0.2, 0.25) is 5.02 Å². The van der Waals surface area contributed by atoms with Gasteiger partial charge in [0, 0.05) is 34.9 Å². The third kappa shape index (κ3) is 4.94. The summed E-state index contributed by atoms with van der Waals surface area (Å²) in [5, 5.41) is 0.552. The lowest BCUT2D eigenvalue weighted by molar-refractivity contribution is 0.190. The molecule has 0 amide bonds. The van der Waals surface area contributed by atoms with Crippen molar-refractivity contribution in [3.63, 3.8) is 0 Å². The minimum atomic E-state index is -0.603. The number of hydrogen-bond donors (Lipinski definition) is 0. The van der Waals surface area contributed by atoms with E-state index in [9.17, 15) is 4.39 Å². The van der Waals surface area contributed by atoms with Crippen molar-refractivity contribution in [3.05, 3.63) is 82.4 Å². The second-order valence-electron chi connectivity index (χ2n) is 10.8. The molecule has 5 nitrogen and oxygen atoms in total. The maximum Gasteiger partial charge on any atom is 0.149 e. The third-order valence-electron chi connectivity index (χ3n) is 8.29. The molecule has 2 fully saturated rings. The number of likely N-dealkylation sites (tertiary alicyclic amines) is 1. The fourth-order valence-corrected chi connectivity index (χ4v) is 5.92. The molecule has 1 saturated carbocycles. The Morgan fingerprint density at radius 2 is 1.97 bits per heavy atom. The summed E-state index contributed by atoms with van der Waals surface area (Å²) >= 11 is 6.14. The number of para-hydroxylation sites is 1. The predicted octanol–water partition coefficient (Wildman–Crippen LogP) is 7.12. The summed E-state index contributed by atoms with van der Waals surface area (Å²) in [5.74, 6) is 2.15. The van der Waals surface area contributed by atoms with Crippen LogP contribution < -0.4 is 9.47 Å². The van der Waals surface area contributed by atoms with E-state index in [0.717, 1.165) is 62.3 Å². The summed E-state index contributed by atoms with van der Waals surface area (Å²) in [5.41, 5.74) is 2.10. The molecule has 1 aliphatic carbocycles. The summed E-state index contributed by atoms with van der Waals surface area (Å²) in [7, 11) is 1.57. The number of methoxy groups -OCH3 is 1. The van der Waals surface area contributed by atoms with E-state index < -0.39 is 6.10 Å². The Bertz CT molecular complexity index is 1350. The standard InChI is InChI=1S/C30H32ClF2N3O2/c1-37-26-15-21(31)5-6-24(26)27-16-25(33)23-4-2-3-22(29(23)38-27)20-7-12-35(13-8-20)17-28-34-11-14-36(28)19-30(18-32)9-10-30/h2-6,11,14-16,20,27H,7-10,12-13,17-19H2,1H3/t27-/m0/s1. The van der Waals surface area contributed by atoms with Gasteiger partial charge < -0.3 is 14.0 Å².